The minimum atomic E-state index is -0.752. The number of benzene rings is 1. The first-order valence-corrected chi connectivity index (χ1v) is 8.16. The summed E-state index contributed by atoms with van der Waals surface area (Å²) in [4.78, 5) is 10.6. The van der Waals surface area contributed by atoms with Crippen LogP contribution in [0.1, 0.15) is 30.9 Å². The van der Waals surface area contributed by atoms with Crippen LogP contribution < -0.4 is 5.32 Å². The Hall–Kier alpha value is -1.81. The molecule has 2 N–H and O–H groups in total. The molecule has 1 atom stereocenters. The molecule has 0 radical (unpaired) electrons. The second-order valence-corrected chi connectivity index (χ2v) is 6.09. The predicted octanol–water partition coefficient (Wildman–Crippen LogP) is 4.20. The van der Waals surface area contributed by atoms with Crippen LogP contribution in [0.2, 0.25) is 0 Å². The minimum absolute atomic E-state index is 0.178. The van der Waals surface area contributed by atoms with Crippen molar-refractivity contribution in [1.29, 1.82) is 0 Å². The van der Waals surface area contributed by atoms with Crippen molar-refractivity contribution in [3.05, 3.63) is 52.2 Å². The molecule has 0 amide bonds. The maximum Gasteiger partial charge on any atom is 0.303 e. The highest BCUT2D eigenvalue weighted by Gasteiger charge is 2.05. The van der Waals surface area contributed by atoms with Gasteiger partial charge in [-0.05, 0) is 66.3 Å². The molecule has 0 spiro atoms. The molecule has 4 heteroatoms. The number of rotatable bonds is 8. The Morgan fingerprint density at radius 2 is 2.14 bits per heavy atom. The fourth-order valence-corrected chi connectivity index (χ4v) is 2.95. The van der Waals surface area contributed by atoms with Gasteiger partial charge in [0, 0.05) is 18.2 Å². The summed E-state index contributed by atoms with van der Waals surface area (Å²) >= 11 is 1.74. The van der Waals surface area contributed by atoms with Crippen LogP contribution in [-0.2, 0) is 17.6 Å². The fraction of sp³-hybridized carbons (Fsp3) is 0.353. The van der Waals surface area contributed by atoms with Gasteiger partial charge in [-0.15, -0.1) is 0 Å². The summed E-state index contributed by atoms with van der Waals surface area (Å²) in [6.07, 6.45) is 2.91. The number of aliphatic carboxylic acids is 1. The molecule has 0 aliphatic rings. The van der Waals surface area contributed by atoms with Gasteiger partial charge in [-0.25, -0.2) is 0 Å². The van der Waals surface area contributed by atoms with Crippen LogP contribution in [0.5, 0.6) is 0 Å². The average molecular weight is 303 g/mol. The number of aryl methyl sites for hydroxylation is 2. The summed E-state index contributed by atoms with van der Waals surface area (Å²) in [6, 6.07) is 10.6. The topological polar surface area (TPSA) is 49.3 Å². The zero-order chi connectivity index (χ0) is 15.1. The molecule has 1 unspecified atom stereocenters. The number of thiophene rings is 1. The second-order valence-electron chi connectivity index (χ2n) is 5.31. The van der Waals surface area contributed by atoms with E-state index in [1.807, 2.05) is 24.3 Å². The van der Waals surface area contributed by atoms with Gasteiger partial charge < -0.3 is 10.4 Å². The Morgan fingerprint density at radius 3 is 2.86 bits per heavy atom. The number of carbonyl (C=O) groups is 1. The normalized spacial score (nSPS) is 12.0. The van der Waals surface area contributed by atoms with Crippen LogP contribution >= 0.6 is 11.3 Å². The molecule has 0 saturated carbocycles. The van der Waals surface area contributed by atoms with Crippen LogP contribution in [0.25, 0.3) is 0 Å². The highest BCUT2D eigenvalue weighted by Crippen LogP contribution is 2.16. The van der Waals surface area contributed by atoms with E-state index in [4.69, 9.17) is 5.11 Å². The first-order valence-electron chi connectivity index (χ1n) is 7.22. The zero-order valence-corrected chi connectivity index (χ0v) is 13.0. The Kier molecular flexibility index (Phi) is 5.81. The van der Waals surface area contributed by atoms with E-state index < -0.39 is 5.97 Å². The zero-order valence-electron chi connectivity index (χ0n) is 12.2. The van der Waals surface area contributed by atoms with Crippen LogP contribution in [-0.4, -0.2) is 17.1 Å². The van der Waals surface area contributed by atoms with Crippen molar-refractivity contribution in [1.82, 2.24) is 0 Å². The van der Waals surface area contributed by atoms with Crippen LogP contribution in [0, 0.1) is 0 Å². The average Bonchev–Trinajstić information content (AvgIpc) is 2.97. The van der Waals surface area contributed by atoms with Crippen molar-refractivity contribution in [3.8, 4) is 0 Å². The predicted molar refractivity (Wildman–Crippen MR) is 88.1 cm³/mol. The molecule has 0 aliphatic carbocycles. The summed E-state index contributed by atoms with van der Waals surface area (Å²) in [5.41, 5.74) is 3.52. The molecule has 0 aliphatic heterocycles. The molecular formula is C17H21NO2S. The summed E-state index contributed by atoms with van der Waals surface area (Å²) in [7, 11) is 0. The molecule has 0 bridgehead atoms. The standard InChI is InChI=1S/C17H21NO2S/c1-13(5-6-15-9-10-21-12-15)18-16-4-2-3-14(11-16)7-8-17(19)20/h2-4,9-13,18H,5-8H2,1H3,(H,19,20). The Morgan fingerprint density at radius 1 is 1.29 bits per heavy atom. The van der Waals surface area contributed by atoms with Crippen molar-refractivity contribution in [3.63, 3.8) is 0 Å². The number of hydrogen-bond acceptors (Lipinski definition) is 3. The van der Waals surface area contributed by atoms with Crippen molar-refractivity contribution >= 4 is 23.0 Å². The summed E-state index contributed by atoms with van der Waals surface area (Å²) < 4.78 is 0. The van der Waals surface area contributed by atoms with Gasteiger partial charge in [-0.3, -0.25) is 4.79 Å². The molecule has 2 aromatic rings. The number of hydrogen-bond donors (Lipinski definition) is 2. The van der Waals surface area contributed by atoms with Crippen molar-refractivity contribution in [2.75, 3.05) is 5.32 Å². The molecule has 1 heterocycles. The van der Waals surface area contributed by atoms with Gasteiger partial charge in [0.2, 0.25) is 0 Å². The summed E-state index contributed by atoms with van der Waals surface area (Å²) in [6.45, 7) is 2.18. The van der Waals surface area contributed by atoms with Gasteiger partial charge in [-0.1, -0.05) is 12.1 Å². The number of anilines is 1. The maximum atomic E-state index is 10.6. The van der Waals surface area contributed by atoms with Gasteiger partial charge in [0.15, 0.2) is 0 Å². The molecule has 21 heavy (non-hydrogen) atoms. The third-order valence-corrected chi connectivity index (χ3v) is 4.15. The largest absolute Gasteiger partial charge is 0.481 e. The Labute approximate surface area is 129 Å². The van der Waals surface area contributed by atoms with E-state index >= 15 is 0 Å². The lowest BCUT2D eigenvalue weighted by atomic mass is 10.1. The maximum absolute atomic E-state index is 10.6. The minimum Gasteiger partial charge on any atom is -0.481 e. The smallest absolute Gasteiger partial charge is 0.303 e. The lowest BCUT2D eigenvalue weighted by Gasteiger charge is -2.15. The third-order valence-electron chi connectivity index (χ3n) is 3.41. The van der Waals surface area contributed by atoms with E-state index in [9.17, 15) is 4.79 Å². The molecule has 1 aromatic heterocycles. The highest BCUT2D eigenvalue weighted by molar-refractivity contribution is 7.07. The van der Waals surface area contributed by atoms with E-state index in [2.05, 4.69) is 29.1 Å². The van der Waals surface area contributed by atoms with Crippen LogP contribution in [0.15, 0.2) is 41.1 Å². The highest BCUT2D eigenvalue weighted by atomic mass is 32.1. The monoisotopic (exact) mass is 303 g/mol. The third kappa shape index (κ3) is 5.60. The van der Waals surface area contributed by atoms with E-state index in [0.29, 0.717) is 12.5 Å². The number of carboxylic acid groups (broad SMARTS) is 1. The SMILES string of the molecule is CC(CCc1ccsc1)Nc1cccc(CCC(=O)O)c1. The first-order chi connectivity index (χ1) is 10.1. The van der Waals surface area contributed by atoms with E-state index in [-0.39, 0.29) is 6.42 Å². The summed E-state index contributed by atoms with van der Waals surface area (Å²) in [5.74, 6) is -0.752. The van der Waals surface area contributed by atoms with Gasteiger partial charge in [0.25, 0.3) is 0 Å². The quantitative estimate of drug-likeness (QED) is 0.768. The molecule has 0 saturated heterocycles. The van der Waals surface area contributed by atoms with Gasteiger partial charge in [-0.2, -0.15) is 11.3 Å². The molecule has 3 nitrogen and oxygen atoms in total. The molecule has 1 aromatic carbocycles. The van der Waals surface area contributed by atoms with Gasteiger partial charge >= 0.3 is 5.97 Å². The molecule has 0 fully saturated rings. The molecule has 2 rings (SSSR count). The van der Waals surface area contributed by atoms with Crippen molar-refractivity contribution < 1.29 is 9.90 Å². The summed E-state index contributed by atoms with van der Waals surface area (Å²) in [5, 5.41) is 16.5. The van der Waals surface area contributed by atoms with E-state index in [0.717, 1.165) is 24.1 Å². The van der Waals surface area contributed by atoms with Crippen LogP contribution in [0.3, 0.4) is 0 Å². The van der Waals surface area contributed by atoms with Crippen LogP contribution in [0.4, 0.5) is 5.69 Å². The fourth-order valence-electron chi connectivity index (χ4n) is 2.24. The Bertz CT molecular complexity index is 566. The second kappa shape index (κ2) is 7.84. The first kappa shape index (κ1) is 15.6. The van der Waals surface area contributed by atoms with Crippen molar-refractivity contribution in [2.24, 2.45) is 0 Å². The van der Waals surface area contributed by atoms with E-state index in [1.54, 1.807) is 11.3 Å². The number of carboxylic acids is 1. The van der Waals surface area contributed by atoms with Crippen molar-refractivity contribution in [2.45, 2.75) is 38.6 Å². The van der Waals surface area contributed by atoms with Gasteiger partial charge in [0.05, 0.1) is 0 Å². The van der Waals surface area contributed by atoms with Gasteiger partial charge in [0.1, 0.15) is 0 Å². The molecule has 112 valence electrons. The Balaban J connectivity index is 1.83. The lowest BCUT2D eigenvalue weighted by molar-refractivity contribution is -0.136. The molecular weight excluding hydrogens is 282 g/mol. The number of nitrogens with one attached hydrogen (secondary N) is 1. The lowest BCUT2D eigenvalue weighted by Crippen LogP contribution is -2.16. The van der Waals surface area contributed by atoms with E-state index in [1.165, 1.54) is 5.56 Å².